The molecule has 0 saturated carbocycles. The second kappa shape index (κ2) is 8.61. The van der Waals surface area contributed by atoms with Gasteiger partial charge in [-0.15, -0.1) is 0 Å². The van der Waals surface area contributed by atoms with Crippen LogP contribution >= 0.6 is 35.0 Å². The quantitative estimate of drug-likeness (QED) is 0.694. The van der Waals surface area contributed by atoms with Crippen LogP contribution in [0.15, 0.2) is 59.2 Å². The van der Waals surface area contributed by atoms with Gasteiger partial charge < -0.3 is 5.11 Å². The molecule has 1 amide bonds. The Morgan fingerprint density at radius 3 is 2.59 bits per heavy atom. The molecule has 3 rings (SSSR count). The molecule has 0 bridgehead atoms. The highest BCUT2D eigenvalue weighted by Gasteiger charge is 2.32. The molecule has 2 aromatic carbocycles. The lowest BCUT2D eigenvalue weighted by molar-refractivity contribution is -0.136. The van der Waals surface area contributed by atoms with Gasteiger partial charge >= 0.3 is 5.97 Å². The number of halogens is 2. The zero-order valence-electron chi connectivity index (χ0n) is 13.9. The van der Waals surface area contributed by atoms with Gasteiger partial charge in [-0.2, -0.15) is 0 Å². The molecule has 0 atom stereocenters. The van der Waals surface area contributed by atoms with Crippen LogP contribution in [0.2, 0.25) is 10.0 Å². The van der Waals surface area contributed by atoms with Crippen LogP contribution in [-0.2, 0) is 9.59 Å². The van der Waals surface area contributed by atoms with Gasteiger partial charge in [-0.25, -0.2) is 4.99 Å². The number of hydrogen-bond acceptors (Lipinski definition) is 4. The first-order chi connectivity index (χ1) is 13.0. The van der Waals surface area contributed by atoms with Crippen LogP contribution in [0.1, 0.15) is 12.0 Å². The van der Waals surface area contributed by atoms with Gasteiger partial charge in [0.25, 0.3) is 5.91 Å². The number of carboxylic acid groups (broad SMARTS) is 1. The van der Waals surface area contributed by atoms with E-state index < -0.39 is 5.97 Å². The summed E-state index contributed by atoms with van der Waals surface area (Å²) in [5, 5.41) is 10.2. The van der Waals surface area contributed by atoms with Crippen molar-refractivity contribution in [3.05, 3.63) is 69.8 Å². The second-order valence-corrected chi connectivity index (χ2v) is 7.46. The SMILES string of the molecule is O=C(O)CCSC1=N/C(=C\c2ccc(Cl)cc2Cl)C(=O)N1c1ccccc1. The van der Waals surface area contributed by atoms with E-state index in [2.05, 4.69) is 4.99 Å². The Hall–Kier alpha value is -2.28. The summed E-state index contributed by atoms with van der Waals surface area (Å²) in [4.78, 5) is 29.6. The average Bonchev–Trinajstić information content (AvgIpc) is 2.93. The van der Waals surface area contributed by atoms with E-state index in [1.165, 1.54) is 16.7 Å². The summed E-state index contributed by atoms with van der Waals surface area (Å²) in [6, 6.07) is 14.1. The fourth-order valence-electron chi connectivity index (χ4n) is 2.39. The first-order valence-corrected chi connectivity index (χ1v) is 9.69. The number of rotatable bonds is 5. The van der Waals surface area contributed by atoms with Crippen LogP contribution < -0.4 is 4.90 Å². The van der Waals surface area contributed by atoms with Crippen molar-refractivity contribution in [2.45, 2.75) is 6.42 Å². The van der Waals surface area contributed by atoms with Crippen LogP contribution in [0, 0.1) is 0 Å². The summed E-state index contributed by atoms with van der Waals surface area (Å²) in [5.74, 6) is -0.896. The standard InChI is InChI=1S/C19H14Cl2N2O3S/c20-13-7-6-12(15(21)11-13)10-16-18(26)23(14-4-2-1-3-5-14)19(22-16)27-9-8-17(24)25/h1-7,10-11H,8-9H2,(H,24,25)/b16-10-. The molecule has 1 aliphatic heterocycles. The van der Waals surface area contributed by atoms with E-state index in [0.29, 0.717) is 32.2 Å². The van der Waals surface area contributed by atoms with Gasteiger partial charge in [0.1, 0.15) is 5.70 Å². The monoisotopic (exact) mass is 420 g/mol. The predicted octanol–water partition coefficient (Wildman–Crippen LogP) is 4.95. The minimum atomic E-state index is -0.901. The Bertz CT molecular complexity index is 945. The van der Waals surface area contributed by atoms with Crippen LogP contribution in [0.25, 0.3) is 6.08 Å². The number of anilines is 1. The number of thioether (sulfide) groups is 1. The number of amides is 1. The number of hydrogen-bond donors (Lipinski definition) is 1. The van der Waals surface area contributed by atoms with E-state index in [0.717, 1.165) is 0 Å². The minimum absolute atomic E-state index is 0.0252. The van der Waals surface area contributed by atoms with Crippen molar-refractivity contribution in [3.63, 3.8) is 0 Å². The topological polar surface area (TPSA) is 70.0 Å². The molecule has 27 heavy (non-hydrogen) atoms. The van der Waals surface area contributed by atoms with Crippen molar-refractivity contribution in [1.29, 1.82) is 0 Å². The molecule has 0 saturated heterocycles. The lowest BCUT2D eigenvalue weighted by Crippen LogP contribution is -2.30. The maximum absolute atomic E-state index is 12.9. The summed E-state index contributed by atoms with van der Waals surface area (Å²) < 4.78 is 0. The Kier molecular flexibility index (Phi) is 6.21. The first kappa shape index (κ1) is 19.5. The van der Waals surface area contributed by atoms with E-state index in [9.17, 15) is 9.59 Å². The van der Waals surface area contributed by atoms with Gasteiger partial charge in [0.15, 0.2) is 5.17 Å². The smallest absolute Gasteiger partial charge is 0.304 e. The highest BCUT2D eigenvalue weighted by atomic mass is 35.5. The molecule has 0 unspecified atom stereocenters. The largest absolute Gasteiger partial charge is 0.481 e. The summed E-state index contributed by atoms with van der Waals surface area (Å²) in [7, 11) is 0. The maximum Gasteiger partial charge on any atom is 0.304 e. The molecule has 1 heterocycles. The third-order valence-corrected chi connectivity index (χ3v) is 5.15. The van der Waals surface area contributed by atoms with Crippen molar-refractivity contribution in [1.82, 2.24) is 0 Å². The van der Waals surface area contributed by atoms with Crippen molar-refractivity contribution in [3.8, 4) is 0 Å². The maximum atomic E-state index is 12.9. The molecular formula is C19H14Cl2N2O3S. The highest BCUT2D eigenvalue weighted by molar-refractivity contribution is 8.14. The molecule has 0 radical (unpaired) electrons. The van der Waals surface area contributed by atoms with Crippen molar-refractivity contribution in [2.24, 2.45) is 4.99 Å². The Labute approximate surface area is 170 Å². The van der Waals surface area contributed by atoms with Crippen molar-refractivity contribution >= 4 is 63.8 Å². The summed E-state index contributed by atoms with van der Waals surface area (Å²) in [6.45, 7) is 0. The number of aliphatic imine (C=N–C) groups is 1. The average molecular weight is 421 g/mol. The van der Waals surface area contributed by atoms with Gasteiger partial charge in [-0.3, -0.25) is 14.5 Å². The van der Waals surface area contributed by atoms with Crippen molar-refractivity contribution < 1.29 is 14.7 Å². The normalized spacial score (nSPS) is 15.3. The number of carbonyl (C=O) groups is 2. The summed E-state index contributed by atoms with van der Waals surface area (Å²) in [5.41, 5.74) is 1.51. The van der Waals surface area contributed by atoms with Gasteiger partial charge in [0.05, 0.1) is 12.1 Å². The van der Waals surface area contributed by atoms with E-state index >= 15 is 0 Å². The molecular weight excluding hydrogens is 407 g/mol. The molecule has 138 valence electrons. The number of nitrogens with zero attached hydrogens (tertiary/aromatic N) is 2. The van der Waals surface area contributed by atoms with Crippen LogP contribution in [-0.4, -0.2) is 27.9 Å². The first-order valence-electron chi connectivity index (χ1n) is 7.95. The third-order valence-electron chi connectivity index (χ3n) is 3.65. The Morgan fingerprint density at radius 2 is 1.93 bits per heavy atom. The zero-order chi connectivity index (χ0) is 19.4. The minimum Gasteiger partial charge on any atom is -0.481 e. The molecule has 8 heteroatoms. The molecule has 1 aliphatic rings. The fraction of sp³-hybridized carbons (Fsp3) is 0.105. The number of amidine groups is 1. The van der Waals surface area contributed by atoms with Crippen LogP contribution in [0.4, 0.5) is 5.69 Å². The Balaban J connectivity index is 1.95. The van der Waals surface area contributed by atoms with E-state index in [1.54, 1.807) is 36.4 Å². The molecule has 1 N–H and O–H groups in total. The summed E-state index contributed by atoms with van der Waals surface area (Å²) in [6.07, 6.45) is 1.57. The number of carbonyl (C=O) groups excluding carboxylic acids is 1. The molecule has 0 aromatic heterocycles. The van der Waals surface area contributed by atoms with Crippen LogP contribution in [0.5, 0.6) is 0 Å². The lowest BCUT2D eigenvalue weighted by Gasteiger charge is -2.17. The lowest BCUT2D eigenvalue weighted by atomic mass is 10.2. The summed E-state index contributed by atoms with van der Waals surface area (Å²) >= 11 is 13.3. The van der Waals surface area contributed by atoms with Gasteiger partial charge in [-0.05, 0) is 35.9 Å². The van der Waals surface area contributed by atoms with Gasteiger partial charge in [0, 0.05) is 15.8 Å². The second-order valence-electron chi connectivity index (χ2n) is 5.56. The number of carboxylic acids is 1. The van der Waals surface area contributed by atoms with Crippen LogP contribution in [0.3, 0.4) is 0 Å². The number of para-hydroxylation sites is 1. The molecule has 2 aromatic rings. The number of aliphatic carboxylic acids is 1. The van der Waals surface area contributed by atoms with Gasteiger partial charge in [0.2, 0.25) is 0 Å². The van der Waals surface area contributed by atoms with E-state index in [-0.39, 0.29) is 18.0 Å². The number of benzene rings is 2. The van der Waals surface area contributed by atoms with E-state index in [4.69, 9.17) is 28.3 Å². The fourth-order valence-corrected chi connectivity index (χ4v) is 3.80. The van der Waals surface area contributed by atoms with Gasteiger partial charge in [-0.1, -0.05) is 59.2 Å². The molecule has 0 aliphatic carbocycles. The zero-order valence-corrected chi connectivity index (χ0v) is 16.3. The Morgan fingerprint density at radius 1 is 1.19 bits per heavy atom. The predicted molar refractivity (Wildman–Crippen MR) is 111 cm³/mol. The third kappa shape index (κ3) is 4.71. The highest BCUT2D eigenvalue weighted by Crippen LogP contribution is 2.31. The van der Waals surface area contributed by atoms with E-state index in [1.807, 2.05) is 18.2 Å². The molecule has 0 fully saturated rings. The van der Waals surface area contributed by atoms with Crippen molar-refractivity contribution in [2.75, 3.05) is 10.7 Å². The molecule has 0 spiro atoms. The molecule has 5 nitrogen and oxygen atoms in total.